The van der Waals surface area contributed by atoms with Gasteiger partial charge in [0.15, 0.2) is 0 Å². The van der Waals surface area contributed by atoms with E-state index >= 15 is 0 Å². The van der Waals surface area contributed by atoms with E-state index in [4.69, 9.17) is 5.26 Å². The van der Waals surface area contributed by atoms with Crippen molar-refractivity contribution in [2.45, 2.75) is 63.2 Å². The molecule has 0 amide bonds. The molecule has 0 spiro atoms. The van der Waals surface area contributed by atoms with E-state index in [1.165, 1.54) is 12.8 Å². The summed E-state index contributed by atoms with van der Waals surface area (Å²) >= 11 is 0. The van der Waals surface area contributed by atoms with Crippen LogP contribution in [-0.4, -0.2) is 27.8 Å². The zero-order valence-corrected chi connectivity index (χ0v) is 11.6. The second kappa shape index (κ2) is 8.66. The zero-order chi connectivity index (χ0) is 12.5. The summed E-state index contributed by atoms with van der Waals surface area (Å²) in [6, 6.07) is 2.60. The van der Waals surface area contributed by atoms with Crippen LogP contribution in [0.2, 0.25) is 0 Å². The molecular formula is C13H24N2OS. The lowest BCUT2D eigenvalue weighted by atomic mass is 9.95. The highest BCUT2D eigenvalue weighted by Gasteiger charge is 2.28. The molecule has 17 heavy (non-hydrogen) atoms. The van der Waals surface area contributed by atoms with Crippen molar-refractivity contribution in [3.05, 3.63) is 0 Å². The van der Waals surface area contributed by atoms with Crippen LogP contribution < -0.4 is 5.32 Å². The van der Waals surface area contributed by atoms with E-state index in [0.29, 0.717) is 17.7 Å². The summed E-state index contributed by atoms with van der Waals surface area (Å²) in [5.74, 6) is 0.775. The molecule has 0 aromatic carbocycles. The molecule has 1 N–H and O–H groups in total. The molecule has 1 aliphatic rings. The van der Waals surface area contributed by atoms with Crippen molar-refractivity contribution in [3.63, 3.8) is 0 Å². The highest BCUT2D eigenvalue weighted by molar-refractivity contribution is 7.85. The second-order valence-electron chi connectivity index (χ2n) is 4.67. The fourth-order valence-electron chi connectivity index (χ4n) is 2.48. The largest absolute Gasteiger partial charge is 0.313 e. The van der Waals surface area contributed by atoms with Crippen LogP contribution in [0, 0.1) is 11.3 Å². The van der Waals surface area contributed by atoms with Gasteiger partial charge in [0.1, 0.15) is 0 Å². The molecule has 1 fully saturated rings. The van der Waals surface area contributed by atoms with Gasteiger partial charge in [0.05, 0.1) is 11.3 Å². The van der Waals surface area contributed by atoms with Crippen LogP contribution in [0.4, 0.5) is 0 Å². The maximum absolute atomic E-state index is 11.9. The molecule has 4 heteroatoms. The van der Waals surface area contributed by atoms with E-state index < -0.39 is 10.8 Å². The first-order valence-corrected chi connectivity index (χ1v) is 8.15. The average Bonchev–Trinajstić information content (AvgIpc) is 2.38. The smallest absolute Gasteiger partial charge is 0.0621 e. The normalized spacial score (nSPS) is 26.4. The van der Waals surface area contributed by atoms with Crippen molar-refractivity contribution < 1.29 is 4.21 Å². The predicted molar refractivity (Wildman–Crippen MR) is 72.2 cm³/mol. The summed E-state index contributed by atoms with van der Waals surface area (Å²) in [7, 11) is -0.667. The van der Waals surface area contributed by atoms with Crippen molar-refractivity contribution in [2.24, 2.45) is 0 Å². The Morgan fingerprint density at radius 1 is 1.35 bits per heavy atom. The maximum atomic E-state index is 11.9. The van der Waals surface area contributed by atoms with Gasteiger partial charge in [0.2, 0.25) is 0 Å². The molecule has 1 rings (SSSR count). The minimum atomic E-state index is -0.667. The Kier molecular flexibility index (Phi) is 7.46. The van der Waals surface area contributed by atoms with Crippen LogP contribution in [-0.2, 0) is 10.8 Å². The van der Waals surface area contributed by atoms with Crippen LogP contribution in [0.5, 0.6) is 0 Å². The van der Waals surface area contributed by atoms with Gasteiger partial charge in [-0.1, -0.05) is 19.8 Å². The molecule has 3 atom stereocenters. The summed E-state index contributed by atoms with van der Waals surface area (Å²) in [5, 5.41) is 12.3. The minimum absolute atomic E-state index is 0.352. The lowest BCUT2D eigenvalue weighted by molar-refractivity contribution is 0.376. The Hall–Kier alpha value is -0.400. The van der Waals surface area contributed by atoms with Crippen LogP contribution >= 0.6 is 0 Å². The lowest BCUT2D eigenvalue weighted by Gasteiger charge is -2.31. The second-order valence-corrected chi connectivity index (χ2v) is 6.61. The zero-order valence-electron chi connectivity index (χ0n) is 10.8. The van der Waals surface area contributed by atoms with E-state index in [9.17, 15) is 4.21 Å². The third-order valence-corrected chi connectivity index (χ3v) is 5.26. The number of nitrogens with zero attached hydrogens (tertiary/aromatic N) is 1. The van der Waals surface area contributed by atoms with Gasteiger partial charge in [-0.15, -0.1) is 0 Å². The number of unbranched alkanes of at least 4 members (excludes halogenated alkanes) is 2. The summed E-state index contributed by atoms with van der Waals surface area (Å²) in [6.07, 6.45) is 7.42. The molecule has 0 unspecified atom stereocenters. The van der Waals surface area contributed by atoms with Crippen molar-refractivity contribution in [2.75, 3.05) is 12.3 Å². The van der Waals surface area contributed by atoms with E-state index in [1.807, 2.05) is 6.92 Å². The standard InChI is InChI=1S/C13H24N2OS/c1-2-17(16)13-9-5-4-8-12(13)15-11-7-3-6-10-14/h12-13,15H,2-9,11H2,1H3/t12-,13-,17+/m0/s1. The van der Waals surface area contributed by atoms with Crippen molar-refractivity contribution in [1.82, 2.24) is 5.32 Å². The lowest BCUT2D eigenvalue weighted by Crippen LogP contribution is -2.45. The van der Waals surface area contributed by atoms with Crippen LogP contribution in [0.3, 0.4) is 0 Å². The number of rotatable bonds is 7. The highest BCUT2D eigenvalue weighted by Crippen LogP contribution is 2.23. The molecule has 1 saturated carbocycles. The van der Waals surface area contributed by atoms with Gasteiger partial charge < -0.3 is 5.32 Å². The molecule has 1 aliphatic carbocycles. The fraction of sp³-hybridized carbons (Fsp3) is 0.923. The van der Waals surface area contributed by atoms with Gasteiger partial charge in [-0.2, -0.15) is 5.26 Å². The Morgan fingerprint density at radius 2 is 2.12 bits per heavy atom. The monoisotopic (exact) mass is 256 g/mol. The third-order valence-electron chi connectivity index (χ3n) is 3.45. The highest BCUT2D eigenvalue weighted by atomic mass is 32.2. The van der Waals surface area contributed by atoms with Crippen LogP contribution in [0.15, 0.2) is 0 Å². The van der Waals surface area contributed by atoms with E-state index in [0.717, 1.165) is 38.0 Å². The molecule has 3 nitrogen and oxygen atoms in total. The van der Waals surface area contributed by atoms with E-state index in [-0.39, 0.29) is 0 Å². The average molecular weight is 256 g/mol. The molecule has 0 radical (unpaired) electrons. The topological polar surface area (TPSA) is 52.9 Å². The Bertz CT molecular complexity index is 275. The van der Waals surface area contributed by atoms with Gasteiger partial charge in [-0.3, -0.25) is 4.21 Å². The summed E-state index contributed by atoms with van der Waals surface area (Å²) in [4.78, 5) is 0. The summed E-state index contributed by atoms with van der Waals surface area (Å²) < 4.78 is 11.9. The molecule has 0 bridgehead atoms. The molecule has 0 saturated heterocycles. The van der Waals surface area contributed by atoms with Crippen LogP contribution in [0.25, 0.3) is 0 Å². The first-order valence-electron chi connectivity index (χ1n) is 6.77. The van der Waals surface area contributed by atoms with Gasteiger partial charge in [-0.25, -0.2) is 0 Å². The fourth-order valence-corrected chi connectivity index (χ4v) is 3.93. The number of hydrogen-bond acceptors (Lipinski definition) is 3. The Labute approximate surface area is 107 Å². The first-order chi connectivity index (χ1) is 8.29. The molecule has 0 heterocycles. The number of hydrogen-bond donors (Lipinski definition) is 1. The van der Waals surface area contributed by atoms with Gasteiger partial charge >= 0.3 is 0 Å². The predicted octanol–water partition coefficient (Wildman–Crippen LogP) is 2.35. The van der Waals surface area contributed by atoms with Crippen molar-refractivity contribution >= 4 is 10.8 Å². The van der Waals surface area contributed by atoms with Crippen LogP contribution in [0.1, 0.15) is 51.9 Å². The molecular weight excluding hydrogens is 232 g/mol. The van der Waals surface area contributed by atoms with Gasteiger partial charge in [0.25, 0.3) is 0 Å². The number of nitrogens with one attached hydrogen (secondary N) is 1. The SMILES string of the molecule is CC[S@@](=O)[C@H]1CCCC[C@@H]1NCCCCC#N. The van der Waals surface area contributed by atoms with Gasteiger partial charge in [0, 0.05) is 29.0 Å². The van der Waals surface area contributed by atoms with E-state index in [2.05, 4.69) is 11.4 Å². The molecule has 0 aliphatic heterocycles. The van der Waals surface area contributed by atoms with Gasteiger partial charge in [-0.05, 0) is 32.2 Å². The quantitative estimate of drug-likeness (QED) is 0.711. The third kappa shape index (κ3) is 5.18. The molecule has 98 valence electrons. The summed E-state index contributed by atoms with van der Waals surface area (Å²) in [6.45, 7) is 2.97. The summed E-state index contributed by atoms with van der Waals surface area (Å²) in [5.41, 5.74) is 0. The number of nitriles is 1. The Morgan fingerprint density at radius 3 is 2.82 bits per heavy atom. The first kappa shape index (κ1) is 14.7. The minimum Gasteiger partial charge on any atom is -0.313 e. The van der Waals surface area contributed by atoms with Crippen molar-refractivity contribution in [1.29, 1.82) is 5.26 Å². The Balaban J connectivity index is 2.28. The van der Waals surface area contributed by atoms with Crippen molar-refractivity contribution in [3.8, 4) is 6.07 Å². The van der Waals surface area contributed by atoms with E-state index in [1.54, 1.807) is 0 Å². The maximum Gasteiger partial charge on any atom is 0.0621 e. The molecule has 0 aromatic rings. The molecule has 0 aromatic heterocycles.